The van der Waals surface area contributed by atoms with Crippen molar-refractivity contribution in [3.63, 3.8) is 0 Å². The largest absolute Gasteiger partial charge is 0.494 e. The van der Waals surface area contributed by atoms with Crippen LogP contribution in [-0.2, 0) is 24.4 Å². The van der Waals surface area contributed by atoms with E-state index >= 15 is 0 Å². The van der Waals surface area contributed by atoms with Crippen molar-refractivity contribution in [3.05, 3.63) is 74.6 Å². The van der Waals surface area contributed by atoms with Crippen LogP contribution in [0.1, 0.15) is 46.5 Å². The standard InChI is InChI=1S/C39H41Br2ClN6O7S2.2ClH/c1-6-21-17-39(21,36(51)47-57(52,53)25-12-13-25)46-33(49)28-16-24(55-34-27-15-23(42)11-14-26(27)29(54-5)18-43-34)19-48(28)35(50)31(38(2,3)4)45-37-44-30(32(41)56-37)20-7-9-22(40)10-8-20;;/h6-11,14-15,18,21,24-25,28,31H,1,12-13,16-17,19H2,2-5H3,(H,44,45)(H,46,49)(H,47,51);2*1H/t21-,24-,28+,31-,39-;;/m1../s1. The van der Waals surface area contributed by atoms with E-state index in [-0.39, 0.29) is 50.1 Å². The summed E-state index contributed by atoms with van der Waals surface area (Å²) in [4.78, 5) is 53.8. The normalized spacial score (nSPS) is 21.7. The zero-order valence-electron chi connectivity index (χ0n) is 32.3. The Kier molecular flexibility index (Phi) is 14.3. The van der Waals surface area contributed by atoms with Crippen molar-refractivity contribution in [2.45, 2.75) is 75.4 Å². The van der Waals surface area contributed by atoms with Crippen LogP contribution in [0.25, 0.3) is 22.0 Å². The number of anilines is 1. The molecule has 7 rings (SSSR count). The number of methoxy groups -OCH3 is 1. The fraction of sp³-hybridized carbons (Fsp3) is 0.410. The summed E-state index contributed by atoms with van der Waals surface area (Å²) in [7, 11) is -2.37. The Bertz CT molecular complexity index is 2380. The molecule has 2 aliphatic carbocycles. The van der Waals surface area contributed by atoms with Gasteiger partial charge in [-0.1, -0.05) is 77.8 Å². The van der Waals surface area contributed by atoms with Gasteiger partial charge in [0, 0.05) is 38.2 Å². The first kappa shape index (κ1) is 46.9. The molecule has 0 radical (unpaired) electrons. The van der Waals surface area contributed by atoms with Gasteiger partial charge in [-0.25, -0.2) is 18.4 Å². The number of ether oxygens (including phenoxy) is 2. The van der Waals surface area contributed by atoms with E-state index < -0.39 is 68.1 Å². The summed E-state index contributed by atoms with van der Waals surface area (Å²) in [6.07, 6.45) is 3.45. The number of amides is 3. The quantitative estimate of drug-likeness (QED) is 0.112. The highest BCUT2D eigenvalue weighted by Crippen LogP contribution is 2.46. The summed E-state index contributed by atoms with van der Waals surface area (Å²) < 4.78 is 41.5. The lowest BCUT2D eigenvalue weighted by Gasteiger charge is -2.35. The number of pyridine rings is 1. The van der Waals surface area contributed by atoms with Crippen molar-refractivity contribution in [3.8, 4) is 22.9 Å². The van der Waals surface area contributed by atoms with Crippen LogP contribution in [0.4, 0.5) is 5.13 Å². The fourth-order valence-corrected chi connectivity index (χ4v) is 10.4. The maximum atomic E-state index is 14.9. The van der Waals surface area contributed by atoms with Gasteiger partial charge in [-0.15, -0.1) is 31.4 Å². The van der Waals surface area contributed by atoms with Crippen molar-refractivity contribution in [1.29, 1.82) is 0 Å². The van der Waals surface area contributed by atoms with Crippen LogP contribution in [0.5, 0.6) is 11.6 Å². The number of halogens is 5. The van der Waals surface area contributed by atoms with Crippen LogP contribution in [0.3, 0.4) is 0 Å². The van der Waals surface area contributed by atoms with Crippen LogP contribution < -0.4 is 24.8 Å². The van der Waals surface area contributed by atoms with Gasteiger partial charge in [-0.2, -0.15) is 0 Å². The lowest BCUT2D eigenvalue weighted by atomic mass is 9.85. The molecule has 4 aromatic rings. The summed E-state index contributed by atoms with van der Waals surface area (Å²) in [5, 5.41) is 7.80. The molecule has 3 fully saturated rings. The van der Waals surface area contributed by atoms with Crippen molar-refractivity contribution < 1.29 is 32.3 Å². The Morgan fingerprint density at radius 1 is 1.10 bits per heavy atom. The van der Waals surface area contributed by atoms with Gasteiger partial charge in [0.1, 0.15) is 29.5 Å². The molecule has 1 saturated heterocycles. The van der Waals surface area contributed by atoms with Crippen molar-refractivity contribution in [2.24, 2.45) is 11.3 Å². The summed E-state index contributed by atoms with van der Waals surface area (Å²) >= 11 is 14.8. The van der Waals surface area contributed by atoms with E-state index in [1.165, 1.54) is 35.6 Å². The van der Waals surface area contributed by atoms with Gasteiger partial charge < -0.3 is 25.0 Å². The van der Waals surface area contributed by atoms with Crippen LogP contribution in [0.2, 0.25) is 5.02 Å². The predicted molar refractivity (Wildman–Crippen MR) is 241 cm³/mol. The average molecular weight is 1040 g/mol. The number of likely N-dealkylation sites (tertiary alicyclic amines) is 1. The molecule has 3 N–H and O–H groups in total. The molecule has 1 aliphatic heterocycles. The Labute approximate surface area is 380 Å². The molecule has 318 valence electrons. The molecule has 2 aromatic carbocycles. The van der Waals surface area contributed by atoms with Gasteiger partial charge in [-0.3, -0.25) is 19.1 Å². The average Bonchev–Trinajstić information content (AvgIpc) is 4.06. The number of thiazole rings is 1. The summed E-state index contributed by atoms with van der Waals surface area (Å²) in [6, 6.07) is 11.0. The van der Waals surface area contributed by atoms with Crippen LogP contribution in [0, 0.1) is 11.3 Å². The number of carbonyl (C=O) groups excluding carboxylic acids is 3. The van der Waals surface area contributed by atoms with Gasteiger partial charge in [-0.05, 0) is 70.9 Å². The molecule has 5 atom stereocenters. The number of hydrogen-bond acceptors (Lipinski definition) is 11. The van der Waals surface area contributed by atoms with Crippen molar-refractivity contribution in [2.75, 3.05) is 19.0 Å². The molecule has 0 unspecified atom stereocenters. The van der Waals surface area contributed by atoms with Crippen LogP contribution in [0.15, 0.2) is 69.6 Å². The number of rotatable bonds is 13. The van der Waals surface area contributed by atoms with Gasteiger partial charge in [0.15, 0.2) is 5.13 Å². The second kappa shape index (κ2) is 18.0. The van der Waals surface area contributed by atoms with Gasteiger partial charge in [0.25, 0.3) is 5.91 Å². The lowest BCUT2D eigenvalue weighted by molar-refractivity contribution is -0.141. The van der Waals surface area contributed by atoms with Crippen LogP contribution >= 0.6 is 79.6 Å². The SMILES string of the molecule is C=C[C@@H]1C[C@]1(NC(=O)[C@@H]1C[C@@H](Oc2ncc(OC)c3ccc(Cl)cc23)CN1C(=O)[C@@H](Nc1nc(-c2ccc(Br)cc2)c(Br)s1)C(C)(C)C)C(=O)NS(=O)(=O)C1CC1.Cl.Cl. The van der Waals surface area contributed by atoms with Crippen LogP contribution in [-0.4, -0.2) is 83.6 Å². The number of carbonyl (C=O) groups is 3. The van der Waals surface area contributed by atoms with E-state index in [0.717, 1.165) is 13.8 Å². The molecule has 3 amide bonds. The molecule has 2 aromatic heterocycles. The number of aromatic nitrogens is 2. The first-order valence-corrected chi connectivity index (χ1v) is 22.6. The van der Waals surface area contributed by atoms with Gasteiger partial charge >= 0.3 is 0 Å². The minimum absolute atomic E-state index is 0. The van der Waals surface area contributed by atoms with E-state index in [0.29, 0.717) is 45.2 Å². The van der Waals surface area contributed by atoms with Crippen molar-refractivity contribution >= 4 is 123 Å². The molecule has 13 nitrogen and oxygen atoms in total. The fourth-order valence-electron chi connectivity index (χ4n) is 7.06. The minimum atomic E-state index is -3.90. The van der Waals surface area contributed by atoms with E-state index in [9.17, 15) is 22.8 Å². The monoisotopic (exact) mass is 1030 g/mol. The first-order chi connectivity index (χ1) is 26.9. The maximum Gasteiger partial charge on any atom is 0.259 e. The Balaban J connectivity index is 0.00000331. The number of sulfonamides is 1. The molecule has 0 bridgehead atoms. The third-order valence-electron chi connectivity index (χ3n) is 10.5. The zero-order valence-corrected chi connectivity index (χ0v) is 39.5. The number of benzene rings is 2. The second-order valence-electron chi connectivity index (χ2n) is 15.6. The highest BCUT2D eigenvalue weighted by Gasteiger charge is 2.62. The molecule has 59 heavy (non-hydrogen) atoms. The molecule has 2 saturated carbocycles. The van der Waals surface area contributed by atoms with E-state index in [1.807, 2.05) is 45.0 Å². The van der Waals surface area contributed by atoms with E-state index in [2.05, 4.69) is 58.8 Å². The lowest BCUT2D eigenvalue weighted by Crippen LogP contribution is -2.58. The molecular formula is C39H43Br2Cl3N6O7S2. The molecule has 0 spiro atoms. The topological polar surface area (TPSA) is 169 Å². The Morgan fingerprint density at radius 3 is 2.41 bits per heavy atom. The highest BCUT2D eigenvalue weighted by atomic mass is 79.9. The van der Waals surface area contributed by atoms with E-state index in [4.69, 9.17) is 26.1 Å². The number of hydrogen-bond donors (Lipinski definition) is 3. The number of nitrogens with one attached hydrogen (secondary N) is 3. The predicted octanol–water partition coefficient (Wildman–Crippen LogP) is 7.93. The third kappa shape index (κ3) is 9.81. The molecular weight excluding hydrogens is 995 g/mol. The van der Waals surface area contributed by atoms with Crippen molar-refractivity contribution in [1.82, 2.24) is 24.9 Å². The first-order valence-electron chi connectivity index (χ1n) is 18.2. The Hall–Kier alpha value is -3.19. The minimum Gasteiger partial charge on any atom is -0.494 e. The Morgan fingerprint density at radius 2 is 1.80 bits per heavy atom. The molecule has 20 heteroatoms. The zero-order chi connectivity index (χ0) is 41.0. The summed E-state index contributed by atoms with van der Waals surface area (Å²) in [5.41, 5.74) is -0.641. The van der Waals surface area contributed by atoms with Gasteiger partial charge in [0.2, 0.25) is 27.7 Å². The molecule has 3 heterocycles. The number of nitrogens with zero attached hydrogens (tertiary/aromatic N) is 3. The second-order valence-corrected chi connectivity index (χ2v) is 21.2. The smallest absolute Gasteiger partial charge is 0.259 e. The maximum absolute atomic E-state index is 14.9. The summed E-state index contributed by atoms with van der Waals surface area (Å²) in [5.74, 6) is -1.62. The number of fused-ring (bicyclic) bond motifs is 1. The third-order valence-corrected chi connectivity index (χ3v) is 14.7. The van der Waals surface area contributed by atoms with Gasteiger partial charge in [0.05, 0.1) is 34.6 Å². The molecule has 3 aliphatic rings. The summed E-state index contributed by atoms with van der Waals surface area (Å²) in [6.45, 7) is 9.54. The highest BCUT2D eigenvalue weighted by molar-refractivity contribution is 9.11. The van der Waals surface area contributed by atoms with E-state index in [1.54, 1.807) is 18.2 Å².